The Bertz CT molecular complexity index is 1180. The molecule has 10 heteroatoms. The summed E-state index contributed by atoms with van der Waals surface area (Å²) in [6.45, 7) is 2.00. The fourth-order valence-corrected chi connectivity index (χ4v) is 5.45. The second-order valence-corrected chi connectivity index (χ2v) is 10.7. The molecule has 1 N–H and O–H groups in total. The van der Waals surface area contributed by atoms with Gasteiger partial charge in [-0.1, -0.05) is 25.1 Å². The molecule has 2 aromatic rings. The summed E-state index contributed by atoms with van der Waals surface area (Å²) in [6.07, 6.45) is 6.69. The molecule has 1 aliphatic carbocycles. The number of nitro benzene ring substituents is 1. The van der Waals surface area contributed by atoms with Gasteiger partial charge in [0.15, 0.2) is 0 Å². The van der Waals surface area contributed by atoms with Gasteiger partial charge in [-0.3, -0.25) is 19.2 Å². The number of non-ortho nitro benzene ring substituents is 1. The Labute approximate surface area is 206 Å². The van der Waals surface area contributed by atoms with Crippen molar-refractivity contribution in [2.24, 2.45) is 0 Å². The first-order valence-electron chi connectivity index (χ1n) is 11.8. The summed E-state index contributed by atoms with van der Waals surface area (Å²) in [5.41, 5.74) is 3.66. The van der Waals surface area contributed by atoms with Gasteiger partial charge in [0.1, 0.15) is 11.4 Å². The van der Waals surface area contributed by atoms with Crippen molar-refractivity contribution in [3.05, 3.63) is 63.2 Å². The second kappa shape index (κ2) is 11.5. The van der Waals surface area contributed by atoms with Gasteiger partial charge in [0.25, 0.3) is 5.69 Å². The standard InChI is InChI=1S/C25H33N3O6S/c1-4-22(20-12-11-18-8-5-6-9-19(18)16-20)26-25(29)10-7-15-27(35(3,32)33)23-17-21(28(30)31)13-14-24(23)34-2/h11-14,16-17,22H,4-10,15H2,1-3H3,(H,26,29)/t22-/m0/s1. The van der Waals surface area contributed by atoms with E-state index in [-0.39, 0.29) is 48.5 Å². The Kier molecular flexibility index (Phi) is 8.71. The van der Waals surface area contributed by atoms with E-state index in [1.165, 1.54) is 49.3 Å². The maximum absolute atomic E-state index is 12.7. The van der Waals surface area contributed by atoms with Gasteiger partial charge in [0.05, 0.1) is 24.3 Å². The number of carbonyl (C=O) groups is 1. The molecule has 1 aliphatic rings. The molecule has 35 heavy (non-hydrogen) atoms. The van der Waals surface area contributed by atoms with Crippen molar-refractivity contribution in [2.75, 3.05) is 24.2 Å². The Balaban J connectivity index is 1.67. The summed E-state index contributed by atoms with van der Waals surface area (Å²) in [6, 6.07) is 10.1. The molecule has 0 heterocycles. The van der Waals surface area contributed by atoms with Crippen molar-refractivity contribution >= 4 is 27.3 Å². The highest BCUT2D eigenvalue weighted by Crippen LogP contribution is 2.34. The highest BCUT2D eigenvalue weighted by Gasteiger charge is 2.24. The molecule has 2 aromatic carbocycles. The number of methoxy groups -OCH3 is 1. The number of nitro groups is 1. The molecule has 0 fully saturated rings. The van der Waals surface area contributed by atoms with E-state index in [0.717, 1.165) is 35.4 Å². The fraction of sp³-hybridized carbons (Fsp3) is 0.480. The molecule has 190 valence electrons. The number of amides is 1. The lowest BCUT2D eigenvalue weighted by atomic mass is 9.89. The number of hydrogen-bond donors (Lipinski definition) is 1. The van der Waals surface area contributed by atoms with Gasteiger partial charge in [-0.05, 0) is 61.3 Å². The number of sulfonamides is 1. The zero-order chi connectivity index (χ0) is 25.6. The molecular formula is C25H33N3O6S. The molecule has 0 aromatic heterocycles. The van der Waals surface area contributed by atoms with Crippen LogP contribution < -0.4 is 14.4 Å². The number of aryl methyl sites for hydroxylation is 2. The number of nitrogens with zero attached hydrogens (tertiary/aromatic N) is 2. The lowest BCUT2D eigenvalue weighted by molar-refractivity contribution is -0.384. The quantitative estimate of drug-likeness (QED) is 0.361. The first-order valence-corrected chi connectivity index (χ1v) is 13.7. The van der Waals surface area contributed by atoms with Crippen molar-refractivity contribution in [1.29, 1.82) is 0 Å². The van der Waals surface area contributed by atoms with Crippen molar-refractivity contribution in [1.82, 2.24) is 5.32 Å². The van der Waals surface area contributed by atoms with E-state index in [4.69, 9.17) is 4.74 Å². The number of hydrogen-bond acceptors (Lipinski definition) is 6. The van der Waals surface area contributed by atoms with E-state index in [1.54, 1.807) is 0 Å². The van der Waals surface area contributed by atoms with Crippen LogP contribution in [0.4, 0.5) is 11.4 Å². The smallest absolute Gasteiger partial charge is 0.271 e. The van der Waals surface area contributed by atoms with Gasteiger partial charge in [-0.15, -0.1) is 0 Å². The van der Waals surface area contributed by atoms with Crippen molar-refractivity contribution in [2.45, 2.75) is 57.9 Å². The van der Waals surface area contributed by atoms with E-state index in [2.05, 4.69) is 23.5 Å². The lowest BCUT2D eigenvalue weighted by Crippen LogP contribution is -2.33. The topological polar surface area (TPSA) is 119 Å². The largest absolute Gasteiger partial charge is 0.495 e. The molecular weight excluding hydrogens is 470 g/mol. The predicted octanol–water partition coefficient (Wildman–Crippen LogP) is 4.30. The Hall–Kier alpha value is -3.14. The lowest BCUT2D eigenvalue weighted by Gasteiger charge is -2.24. The molecule has 0 unspecified atom stereocenters. The Morgan fingerprint density at radius 2 is 1.89 bits per heavy atom. The number of anilines is 1. The van der Waals surface area contributed by atoms with Crippen LogP contribution in [0.15, 0.2) is 36.4 Å². The average Bonchev–Trinajstić information content (AvgIpc) is 2.83. The Morgan fingerprint density at radius 3 is 2.51 bits per heavy atom. The highest BCUT2D eigenvalue weighted by molar-refractivity contribution is 7.92. The summed E-state index contributed by atoms with van der Waals surface area (Å²) in [7, 11) is -2.41. The average molecular weight is 504 g/mol. The third-order valence-electron chi connectivity index (χ3n) is 6.33. The van der Waals surface area contributed by atoms with Crippen LogP contribution >= 0.6 is 0 Å². The van der Waals surface area contributed by atoms with Crippen LogP contribution in [0.5, 0.6) is 5.75 Å². The molecule has 0 spiro atoms. The van der Waals surface area contributed by atoms with E-state index in [9.17, 15) is 23.3 Å². The first kappa shape index (κ1) is 26.5. The van der Waals surface area contributed by atoms with E-state index >= 15 is 0 Å². The number of fused-ring (bicyclic) bond motifs is 1. The summed E-state index contributed by atoms with van der Waals surface area (Å²) < 4.78 is 31.2. The predicted molar refractivity (Wildman–Crippen MR) is 135 cm³/mol. The number of ether oxygens (including phenoxy) is 1. The molecule has 0 saturated carbocycles. The summed E-state index contributed by atoms with van der Waals surface area (Å²) in [5.74, 6) is 0.0259. The van der Waals surface area contributed by atoms with Crippen LogP contribution in [0.3, 0.4) is 0 Å². The second-order valence-electron chi connectivity index (χ2n) is 8.82. The Morgan fingerprint density at radius 1 is 1.17 bits per heavy atom. The molecule has 1 atom stereocenters. The van der Waals surface area contributed by atoms with Crippen LogP contribution in [0, 0.1) is 10.1 Å². The number of benzene rings is 2. The van der Waals surface area contributed by atoms with Gasteiger partial charge < -0.3 is 10.1 Å². The summed E-state index contributed by atoms with van der Waals surface area (Å²) >= 11 is 0. The summed E-state index contributed by atoms with van der Waals surface area (Å²) in [4.78, 5) is 23.3. The van der Waals surface area contributed by atoms with Gasteiger partial charge in [-0.2, -0.15) is 0 Å². The number of nitrogens with one attached hydrogen (secondary N) is 1. The minimum atomic E-state index is -3.77. The van der Waals surface area contributed by atoms with Crippen molar-refractivity contribution in [3.8, 4) is 5.75 Å². The van der Waals surface area contributed by atoms with Crippen LogP contribution in [-0.4, -0.2) is 39.2 Å². The monoisotopic (exact) mass is 503 g/mol. The molecule has 9 nitrogen and oxygen atoms in total. The molecule has 0 radical (unpaired) electrons. The third kappa shape index (κ3) is 6.72. The minimum Gasteiger partial charge on any atom is -0.495 e. The maximum atomic E-state index is 12.7. The SMILES string of the molecule is CC[C@H](NC(=O)CCCN(c1cc([N+](=O)[O-])ccc1OC)S(C)(=O)=O)c1ccc2c(c1)CCCC2. The zero-order valence-electron chi connectivity index (χ0n) is 20.5. The first-order chi connectivity index (χ1) is 16.6. The van der Waals surface area contributed by atoms with Crippen LogP contribution in [0.1, 0.15) is 61.8 Å². The molecule has 0 bridgehead atoms. The van der Waals surface area contributed by atoms with Crippen LogP contribution in [-0.2, 0) is 27.7 Å². The van der Waals surface area contributed by atoms with Crippen molar-refractivity contribution in [3.63, 3.8) is 0 Å². The minimum absolute atomic E-state index is 0.0145. The molecule has 0 saturated heterocycles. The van der Waals surface area contributed by atoms with Crippen LogP contribution in [0.2, 0.25) is 0 Å². The highest BCUT2D eigenvalue weighted by atomic mass is 32.2. The van der Waals surface area contributed by atoms with Gasteiger partial charge >= 0.3 is 0 Å². The van der Waals surface area contributed by atoms with Crippen LogP contribution in [0.25, 0.3) is 0 Å². The van der Waals surface area contributed by atoms with E-state index in [0.29, 0.717) is 0 Å². The summed E-state index contributed by atoms with van der Waals surface area (Å²) in [5, 5.41) is 14.3. The molecule has 1 amide bonds. The van der Waals surface area contributed by atoms with Crippen molar-refractivity contribution < 1.29 is 22.9 Å². The van der Waals surface area contributed by atoms with Gasteiger partial charge in [-0.25, -0.2) is 8.42 Å². The van der Waals surface area contributed by atoms with E-state index in [1.807, 2.05) is 6.92 Å². The van der Waals surface area contributed by atoms with E-state index < -0.39 is 14.9 Å². The fourth-order valence-electron chi connectivity index (χ4n) is 4.49. The van der Waals surface area contributed by atoms with Gasteiger partial charge in [0.2, 0.25) is 15.9 Å². The number of carbonyl (C=O) groups excluding carboxylic acids is 1. The normalized spacial score (nSPS) is 14.0. The van der Waals surface area contributed by atoms with Gasteiger partial charge in [0, 0.05) is 25.1 Å². The maximum Gasteiger partial charge on any atom is 0.271 e. The molecule has 3 rings (SSSR count). The number of rotatable bonds is 11. The zero-order valence-corrected chi connectivity index (χ0v) is 21.3. The molecule has 0 aliphatic heterocycles. The third-order valence-corrected chi connectivity index (χ3v) is 7.51.